The van der Waals surface area contributed by atoms with E-state index in [9.17, 15) is 17.6 Å². The number of H-pyrrole nitrogens is 1. The summed E-state index contributed by atoms with van der Waals surface area (Å²) in [4.78, 5) is 2.82. The van der Waals surface area contributed by atoms with Gasteiger partial charge in [0.2, 0.25) is 0 Å². The third kappa shape index (κ3) is 2.20. The molecule has 0 aliphatic heterocycles. The van der Waals surface area contributed by atoms with Gasteiger partial charge in [-0.15, -0.1) is 12.4 Å². The Morgan fingerprint density at radius 2 is 1.74 bits per heavy atom. The van der Waals surface area contributed by atoms with Crippen LogP contribution in [0.5, 0.6) is 0 Å². The molecule has 104 valence electrons. The minimum atomic E-state index is -4.45. The zero-order chi connectivity index (χ0) is 12.9. The number of aromatic nitrogens is 1. The summed E-state index contributed by atoms with van der Waals surface area (Å²) in [6, 6.07) is 1.72. The molecule has 0 saturated heterocycles. The van der Waals surface area contributed by atoms with Crippen LogP contribution in [-0.4, -0.2) is 4.98 Å². The first-order valence-electron chi connectivity index (χ1n) is 5.87. The predicted octanol–water partition coefficient (Wildman–Crippen LogP) is 4.63. The van der Waals surface area contributed by atoms with Crippen LogP contribution in [0.15, 0.2) is 12.1 Å². The molecule has 1 aliphatic carbocycles. The number of alkyl halides is 3. The van der Waals surface area contributed by atoms with Crippen molar-refractivity contribution >= 4 is 23.3 Å². The van der Waals surface area contributed by atoms with E-state index in [0.717, 1.165) is 30.7 Å². The Morgan fingerprint density at radius 1 is 1.05 bits per heavy atom. The van der Waals surface area contributed by atoms with Gasteiger partial charge in [-0.05, 0) is 43.4 Å². The van der Waals surface area contributed by atoms with Crippen LogP contribution in [0.1, 0.15) is 29.7 Å². The van der Waals surface area contributed by atoms with Gasteiger partial charge in [-0.3, -0.25) is 0 Å². The minimum Gasteiger partial charge on any atom is -0.356 e. The van der Waals surface area contributed by atoms with Crippen molar-refractivity contribution in [1.29, 1.82) is 0 Å². The number of benzene rings is 1. The normalized spacial score (nSPS) is 15.2. The molecule has 1 N–H and O–H groups in total. The summed E-state index contributed by atoms with van der Waals surface area (Å²) in [5.41, 5.74) is 0.657. The maximum atomic E-state index is 13.6. The quantitative estimate of drug-likeness (QED) is 0.682. The number of hydrogen-bond donors (Lipinski definition) is 1. The molecule has 1 aliphatic rings. The highest BCUT2D eigenvalue weighted by atomic mass is 35.5. The van der Waals surface area contributed by atoms with Crippen molar-refractivity contribution < 1.29 is 17.6 Å². The number of rotatable bonds is 0. The number of fused-ring (bicyclic) bond motifs is 3. The fourth-order valence-electron chi connectivity index (χ4n) is 2.72. The summed E-state index contributed by atoms with van der Waals surface area (Å²) < 4.78 is 52.5. The first-order valence-corrected chi connectivity index (χ1v) is 5.87. The second-order valence-corrected chi connectivity index (χ2v) is 4.63. The molecule has 0 amide bonds. The molecule has 0 fully saturated rings. The zero-order valence-electron chi connectivity index (χ0n) is 9.90. The van der Waals surface area contributed by atoms with Crippen molar-refractivity contribution in [2.45, 2.75) is 31.9 Å². The van der Waals surface area contributed by atoms with Gasteiger partial charge in [0.1, 0.15) is 5.82 Å². The monoisotopic (exact) mass is 293 g/mol. The van der Waals surface area contributed by atoms with Crippen LogP contribution >= 0.6 is 12.4 Å². The lowest BCUT2D eigenvalue weighted by Crippen LogP contribution is -2.07. The summed E-state index contributed by atoms with van der Waals surface area (Å²) in [5.74, 6) is -0.618. The van der Waals surface area contributed by atoms with Gasteiger partial charge in [0, 0.05) is 11.1 Å². The van der Waals surface area contributed by atoms with Gasteiger partial charge >= 0.3 is 6.18 Å². The third-order valence-electron chi connectivity index (χ3n) is 3.51. The van der Waals surface area contributed by atoms with Crippen molar-refractivity contribution in [3.63, 3.8) is 0 Å². The van der Waals surface area contributed by atoms with E-state index in [1.807, 2.05) is 0 Å². The van der Waals surface area contributed by atoms with Crippen molar-refractivity contribution in [2.75, 3.05) is 0 Å². The molecule has 6 heteroatoms. The van der Waals surface area contributed by atoms with Crippen molar-refractivity contribution in [3.8, 4) is 0 Å². The predicted molar refractivity (Wildman–Crippen MR) is 67.1 cm³/mol. The van der Waals surface area contributed by atoms with Crippen molar-refractivity contribution in [3.05, 3.63) is 34.8 Å². The van der Waals surface area contributed by atoms with E-state index in [2.05, 4.69) is 4.98 Å². The number of aryl methyl sites for hydroxylation is 2. The highest BCUT2D eigenvalue weighted by Crippen LogP contribution is 2.40. The fraction of sp³-hybridized carbons (Fsp3) is 0.385. The molecule has 1 aromatic carbocycles. The lowest BCUT2D eigenvalue weighted by atomic mass is 9.93. The van der Waals surface area contributed by atoms with Crippen LogP contribution in [-0.2, 0) is 19.0 Å². The maximum absolute atomic E-state index is 13.6. The third-order valence-corrected chi connectivity index (χ3v) is 3.51. The molecule has 19 heavy (non-hydrogen) atoms. The Morgan fingerprint density at radius 3 is 2.42 bits per heavy atom. The van der Waals surface area contributed by atoms with E-state index < -0.39 is 17.6 Å². The van der Waals surface area contributed by atoms with Crippen LogP contribution in [0.4, 0.5) is 17.6 Å². The van der Waals surface area contributed by atoms with Crippen molar-refractivity contribution in [2.24, 2.45) is 0 Å². The van der Waals surface area contributed by atoms with Gasteiger partial charge in [0.05, 0.1) is 11.1 Å². The molecule has 1 aromatic heterocycles. The Balaban J connectivity index is 0.00000133. The van der Waals surface area contributed by atoms with Gasteiger partial charge in [-0.25, -0.2) is 4.39 Å². The molecule has 0 bridgehead atoms. The molecule has 0 spiro atoms. The second kappa shape index (κ2) is 4.71. The molecule has 1 nitrogen and oxygen atoms in total. The van der Waals surface area contributed by atoms with Crippen LogP contribution in [0.3, 0.4) is 0 Å². The molecule has 1 heterocycles. The van der Waals surface area contributed by atoms with Gasteiger partial charge in [0.15, 0.2) is 0 Å². The number of nitrogens with one attached hydrogen (secondary N) is 1. The standard InChI is InChI=1S/C13H11F4N.ClH/c14-9-6-5-8(13(15,16)17)11-7-3-1-2-4-10(7)18-12(9)11;/h5-6,18H,1-4H2;1H. The molecule has 0 saturated carbocycles. The second-order valence-electron chi connectivity index (χ2n) is 4.63. The smallest absolute Gasteiger partial charge is 0.356 e. The highest BCUT2D eigenvalue weighted by molar-refractivity contribution is 5.89. The molecule has 0 unspecified atom stereocenters. The zero-order valence-corrected chi connectivity index (χ0v) is 10.7. The summed E-state index contributed by atoms with van der Waals surface area (Å²) in [5, 5.41) is 0.0252. The highest BCUT2D eigenvalue weighted by Gasteiger charge is 2.35. The lowest BCUT2D eigenvalue weighted by molar-refractivity contribution is -0.136. The van der Waals surface area contributed by atoms with Gasteiger partial charge in [-0.2, -0.15) is 13.2 Å². The van der Waals surface area contributed by atoms with Gasteiger partial charge < -0.3 is 4.98 Å². The maximum Gasteiger partial charge on any atom is 0.417 e. The molecular formula is C13H12ClF4N. The van der Waals surface area contributed by atoms with E-state index in [-0.39, 0.29) is 23.3 Å². The fourth-order valence-corrected chi connectivity index (χ4v) is 2.72. The molecule has 3 rings (SSSR count). The molecular weight excluding hydrogens is 282 g/mol. The summed E-state index contributed by atoms with van der Waals surface area (Å²) >= 11 is 0. The molecule has 2 aromatic rings. The van der Waals surface area contributed by atoms with Crippen molar-refractivity contribution in [1.82, 2.24) is 4.98 Å². The Bertz CT molecular complexity index is 615. The number of halogens is 5. The van der Waals surface area contributed by atoms with Crippen LogP contribution in [0.25, 0.3) is 10.9 Å². The largest absolute Gasteiger partial charge is 0.417 e. The van der Waals surface area contributed by atoms with E-state index in [4.69, 9.17) is 0 Å². The topological polar surface area (TPSA) is 15.8 Å². The first-order chi connectivity index (χ1) is 8.48. The Labute approximate surface area is 113 Å². The molecule has 0 radical (unpaired) electrons. The summed E-state index contributed by atoms with van der Waals surface area (Å²) in [6.45, 7) is 0. The number of hydrogen-bond acceptors (Lipinski definition) is 0. The summed E-state index contributed by atoms with van der Waals surface area (Å²) in [6.07, 6.45) is -1.38. The number of aromatic amines is 1. The first kappa shape index (κ1) is 14.2. The van der Waals surface area contributed by atoms with E-state index in [1.54, 1.807) is 0 Å². The van der Waals surface area contributed by atoms with Gasteiger partial charge in [0.25, 0.3) is 0 Å². The SMILES string of the molecule is Cl.Fc1ccc(C(F)(F)F)c2c3c([nH]c12)CCCC3. The minimum absolute atomic E-state index is 0. The van der Waals surface area contributed by atoms with E-state index in [0.29, 0.717) is 18.4 Å². The van der Waals surface area contributed by atoms with Crippen LogP contribution in [0.2, 0.25) is 0 Å². The average Bonchev–Trinajstić information content (AvgIpc) is 2.68. The average molecular weight is 294 g/mol. The van der Waals surface area contributed by atoms with E-state index >= 15 is 0 Å². The lowest BCUT2D eigenvalue weighted by Gasteiger charge is -2.13. The van der Waals surface area contributed by atoms with Gasteiger partial charge in [-0.1, -0.05) is 0 Å². The Kier molecular flexibility index (Phi) is 3.51. The Hall–Kier alpha value is -1.23. The molecule has 0 atom stereocenters. The van der Waals surface area contributed by atoms with Crippen LogP contribution in [0, 0.1) is 5.82 Å². The van der Waals surface area contributed by atoms with Crippen LogP contribution < -0.4 is 0 Å². The summed E-state index contributed by atoms with van der Waals surface area (Å²) in [7, 11) is 0. The van der Waals surface area contributed by atoms with E-state index in [1.165, 1.54) is 0 Å².